The molecule has 4 rings (SSSR count). The molecule has 164 valence electrons. The maximum atomic E-state index is 11.8. The first-order valence-electron chi connectivity index (χ1n) is 9.71. The number of aryl methyl sites for hydroxylation is 1. The van der Waals surface area contributed by atoms with Crippen molar-refractivity contribution in [2.75, 3.05) is 24.7 Å². The second kappa shape index (κ2) is 8.92. The molecule has 2 aromatic carbocycles. The number of fused-ring (bicyclic) bond motifs is 1. The van der Waals surface area contributed by atoms with Gasteiger partial charge in [0.15, 0.2) is 0 Å². The van der Waals surface area contributed by atoms with E-state index < -0.39 is 0 Å². The van der Waals surface area contributed by atoms with Crippen LogP contribution < -0.4 is 20.6 Å². The molecule has 3 N–H and O–H groups in total. The standard InChI is InChI=1S/C22H22N6O4/c1-23-21(29)19-13-17(10-11-24-19)32-16-8-9-20-18(12-16)26-22(27(20)2)25-14-4-6-15(7-5-14)28(30)31-3/h4-13,30H,1-3H3,(H,23,29)(H,25,26). The van der Waals surface area contributed by atoms with E-state index in [-0.39, 0.29) is 11.6 Å². The van der Waals surface area contributed by atoms with Gasteiger partial charge in [-0.15, -0.1) is 5.23 Å². The molecule has 0 aliphatic heterocycles. The van der Waals surface area contributed by atoms with Gasteiger partial charge in [0.05, 0.1) is 23.8 Å². The van der Waals surface area contributed by atoms with Crippen LogP contribution in [0.5, 0.6) is 11.5 Å². The predicted octanol–water partition coefficient (Wildman–Crippen LogP) is 3.62. The Bertz CT molecular complexity index is 1260. The van der Waals surface area contributed by atoms with Crippen molar-refractivity contribution in [2.24, 2.45) is 7.05 Å². The minimum Gasteiger partial charge on any atom is -0.457 e. The number of anilines is 3. The summed E-state index contributed by atoms with van der Waals surface area (Å²) in [5.41, 5.74) is 3.23. The number of rotatable bonds is 7. The lowest BCUT2D eigenvalue weighted by atomic mass is 10.3. The number of carbonyl (C=O) groups excluding carboxylic acids is 1. The molecule has 0 unspecified atom stereocenters. The lowest BCUT2D eigenvalue weighted by Gasteiger charge is -2.13. The zero-order valence-corrected chi connectivity index (χ0v) is 17.7. The highest BCUT2D eigenvalue weighted by molar-refractivity contribution is 5.92. The lowest BCUT2D eigenvalue weighted by molar-refractivity contribution is -0.0109. The number of nitrogens with one attached hydrogen (secondary N) is 2. The molecule has 4 aromatic rings. The van der Waals surface area contributed by atoms with Gasteiger partial charge < -0.3 is 19.9 Å². The summed E-state index contributed by atoms with van der Waals surface area (Å²) in [7, 11) is 4.83. The Morgan fingerprint density at radius 2 is 1.84 bits per heavy atom. The smallest absolute Gasteiger partial charge is 0.269 e. The summed E-state index contributed by atoms with van der Waals surface area (Å²) >= 11 is 0. The van der Waals surface area contributed by atoms with Crippen molar-refractivity contribution >= 4 is 34.3 Å². The summed E-state index contributed by atoms with van der Waals surface area (Å²) < 4.78 is 7.83. The van der Waals surface area contributed by atoms with Gasteiger partial charge in [-0.3, -0.25) is 19.8 Å². The third kappa shape index (κ3) is 4.31. The molecule has 0 saturated carbocycles. The molecule has 0 aliphatic carbocycles. The van der Waals surface area contributed by atoms with Gasteiger partial charge in [-0.25, -0.2) is 4.98 Å². The molecule has 10 nitrogen and oxygen atoms in total. The van der Waals surface area contributed by atoms with E-state index in [0.717, 1.165) is 16.7 Å². The highest BCUT2D eigenvalue weighted by atomic mass is 16.9. The molecule has 0 atom stereocenters. The van der Waals surface area contributed by atoms with Gasteiger partial charge in [0.2, 0.25) is 5.95 Å². The normalized spacial score (nSPS) is 10.8. The second-order valence-electron chi connectivity index (χ2n) is 6.83. The first-order valence-corrected chi connectivity index (χ1v) is 9.71. The maximum Gasteiger partial charge on any atom is 0.269 e. The van der Waals surface area contributed by atoms with Crippen molar-refractivity contribution in [3.8, 4) is 11.5 Å². The molecule has 0 saturated heterocycles. The fourth-order valence-electron chi connectivity index (χ4n) is 3.12. The number of ether oxygens (including phenoxy) is 1. The SMILES string of the molecule is CNC(=O)c1cc(Oc2ccc3c(c2)nc(Nc2ccc(N(O)OC)cc2)n3C)ccn1. The van der Waals surface area contributed by atoms with Crippen LogP contribution in [0.1, 0.15) is 10.5 Å². The van der Waals surface area contributed by atoms with Gasteiger partial charge in [-0.1, -0.05) is 0 Å². The Kier molecular flexibility index (Phi) is 5.88. The molecule has 10 heteroatoms. The molecule has 0 radical (unpaired) electrons. The predicted molar refractivity (Wildman–Crippen MR) is 119 cm³/mol. The Balaban J connectivity index is 1.55. The quantitative estimate of drug-likeness (QED) is 0.378. The number of benzene rings is 2. The molecule has 0 bridgehead atoms. The summed E-state index contributed by atoms with van der Waals surface area (Å²) in [6.07, 6.45) is 1.52. The molecule has 2 aromatic heterocycles. The number of amides is 1. The molecule has 0 fully saturated rings. The first kappa shape index (κ1) is 21.1. The Morgan fingerprint density at radius 3 is 2.56 bits per heavy atom. The minimum atomic E-state index is -0.284. The first-order chi connectivity index (χ1) is 15.5. The van der Waals surface area contributed by atoms with Crippen molar-refractivity contribution in [2.45, 2.75) is 0 Å². The molecule has 0 spiro atoms. The second-order valence-corrected chi connectivity index (χ2v) is 6.83. The van der Waals surface area contributed by atoms with Gasteiger partial charge >= 0.3 is 0 Å². The van der Waals surface area contributed by atoms with Crippen molar-refractivity contribution < 1.29 is 19.6 Å². The fraction of sp³-hybridized carbons (Fsp3) is 0.136. The average Bonchev–Trinajstić information content (AvgIpc) is 3.13. The molecule has 2 heterocycles. The highest BCUT2D eigenvalue weighted by Gasteiger charge is 2.11. The van der Waals surface area contributed by atoms with Crippen LogP contribution in [0.2, 0.25) is 0 Å². The van der Waals surface area contributed by atoms with Crippen LogP contribution in [-0.2, 0) is 11.9 Å². The number of carbonyl (C=O) groups is 1. The third-order valence-corrected chi connectivity index (χ3v) is 4.80. The zero-order valence-electron chi connectivity index (χ0n) is 17.7. The minimum absolute atomic E-state index is 0.274. The Morgan fingerprint density at radius 1 is 1.09 bits per heavy atom. The van der Waals surface area contributed by atoms with E-state index in [1.165, 1.54) is 13.3 Å². The monoisotopic (exact) mass is 434 g/mol. The number of aromatic nitrogens is 3. The highest BCUT2D eigenvalue weighted by Crippen LogP contribution is 2.28. The Hall–Kier alpha value is -4.15. The summed E-state index contributed by atoms with van der Waals surface area (Å²) in [5.74, 6) is 1.45. The molecule has 0 aliphatic rings. The number of hydrogen-bond acceptors (Lipinski definition) is 8. The van der Waals surface area contributed by atoms with Gasteiger partial charge in [0.25, 0.3) is 5.91 Å². The van der Waals surface area contributed by atoms with E-state index in [2.05, 4.69) is 20.6 Å². The van der Waals surface area contributed by atoms with E-state index in [4.69, 9.17) is 9.57 Å². The largest absolute Gasteiger partial charge is 0.457 e. The van der Waals surface area contributed by atoms with Gasteiger partial charge in [0, 0.05) is 38.1 Å². The van der Waals surface area contributed by atoms with Crippen LogP contribution >= 0.6 is 0 Å². The summed E-state index contributed by atoms with van der Waals surface area (Å²) in [4.78, 5) is 25.2. The number of nitrogens with zero attached hydrogens (tertiary/aromatic N) is 4. The Labute approximate surface area is 183 Å². The fourth-order valence-corrected chi connectivity index (χ4v) is 3.12. The molecular weight excluding hydrogens is 412 g/mol. The van der Waals surface area contributed by atoms with E-state index in [9.17, 15) is 10.0 Å². The number of pyridine rings is 1. The van der Waals surface area contributed by atoms with E-state index in [1.807, 2.05) is 29.8 Å². The summed E-state index contributed by atoms with van der Waals surface area (Å²) in [5, 5.41) is 16.1. The van der Waals surface area contributed by atoms with Crippen LogP contribution in [0.25, 0.3) is 11.0 Å². The molecule has 32 heavy (non-hydrogen) atoms. The van der Waals surface area contributed by atoms with E-state index in [1.54, 1.807) is 43.4 Å². The maximum absolute atomic E-state index is 11.8. The van der Waals surface area contributed by atoms with Crippen LogP contribution in [0.15, 0.2) is 60.8 Å². The van der Waals surface area contributed by atoms with Gasteiger partial charge in [-0.05, 0) is 42.5 Å². The molecular formula is C22H22N6O4. The van der Waals surface area contributed by atoms with E-state index >= 15 is 0 Å². The zero-order chi connectivity index (χ0) is 22.7. The van der Waals surface area contributed by atoms with Gasteiger partial charge in [-0.2, -0.15) is 0 Å². The summed E-state index contributed by atoms with van der Waals surface area (Å²) in [6, 6.07) is 15.9. The van der Waals surface area contributed by atoms with Crippen LogP contribution in [-0.4, -0.2) is 39.8 Å². The number of imidazole rings is 1. The van der Waals surface area contributed by atoms with Crippen LogP contribution in [0, 0.1) is 0 Å². The van der Waals surface area contributed by atoms with Crippen LogP contribution in [0.3, 0.4) is 0 Å². The van der Waals surface area contributed by atoms with Crippen molar-refractivity contribution in [1.29, 1.82) is 0 Å². The van der Waals surface area contributed by atoms with Gasteiger partial charge in [0.1, 0.15) is 17.2 Å². The third-order valence-electron chi connectivity index (χ3n) is 4.80. The topological polar surface area (TPSA) is 114 Å². The van der Waals surface area contributed by atoms with Crippen LogP contribution in [0.4, 0.5) is 17.3 Å². The van der Waals surface area contributed by atoms with Crippen molar-refractivity contribution in [3.05, 3.63) is 66.5 Å². The van der Waals surface area contributed by atoms with Crippen molar-refractivity contribution in [3.63, 3.8) is 0 Å². The number of hydrogen-bond donors (Lipinski definition) is 3. The average molecular weight is 434 g/mol. The summed E-state index contributed by atoms with van der Waals surface area (Å²) in [6.45, 7) is 0. The van der Waals surface area contributed by atoms with E-state index in [0.29, 0.717) is 28.4 Å². The van der Waals surface area contributed by atoms with Crippen molar-refractivity contribution in [1.82, 2.24) is 19.9 Å². The molecule has 1 amide bonds. The lowest BCUT2D eigenvalue weighted by Crippen LogP contribution is -2.18.